The summed E-state index contributed by atoms with van der Waals surface area (Å²) in [6.07, 6.45) is -5.18. The number of rotatable bonds is 3. The molecule has 26 heavy (non-hydrogen) atoms. The van der Waals surface area contributed by atoms with Crippen LogP contribution in [0.15, 0.2) is 41.8 Å². The van der Waals surface area contributed by atoms with Crippen molar-refractivity contribution in [3.05, 3.63) is 57.8 Å². The maximum absolute atomic E-state index is 13.3. The van der Waals surface area contributed by atoms with Crippen molar-refractivity contribution in [1.29, 1.82) is 0 Å². The molecule has 2 aromatic rings. The highest BCUT2D eigenvalue weighted by molar-refractivity contribution is 7.10. The molecule has 3 rings (SSSR count). The minimum absolute atomic E-state index is 0.0482. The van der Waals surface area contributed by atoms with Gasteiger partial charge in [-0.05, 0) is 23.9 Å². The number of aliphatic hydroxyl groups is 1. The van der Waals surface area contributed by atoms with E-state index in [9.17, 15) is 27.9 Å². The smallest absolute Gasteiger partial charge is 0.365 e. The minimum atomic E-state index is -5.18. The van der Waals surface area contributed by atoms with Crippen molar-refractivity contribution in [3.8, 4) is 0 Å². The first-order valence-corrected chi connectivity index (χ1v) is 8.53. The van der Waals surface area contributed by atoms with Gasteiger partial charge in [-0.2, -0.15) is 13.2 Å². The monoisotopic (exact) mass is 384 g/mol. The molecule has 3 N–H and O–H groups in total. The van der Waals surface area contributed by atoms with E-state index in [1.165, 1.54) is 29.6 Å². The van der Waals surface area contributed by atoms with Crippen LogP contribution in [-0.4, -0.2) is 23.1 Å². The molecule has 2 amide bonds. The number of alkyl halides is 3. The maximum Gasteiger partial charge on any atom is 0.450 e. The summed E-state index contributed by atoms with van der Waals surface area (Å²) in [4.78, 5) is 24.3. The Morgan fingerprint density at radius 2 is 1.88 bits per heavy atom. The summed E-state index contributed by atoms with van der Waals surface area (Å²) in [5, 5.41) is 17.0. The Balaban J connectivity index is 2.16. The zero-order chi connectivity index (χ0) is 19.1. The number of halogens is 3. The summed E-state index contributed by atoms with van der Waals surface area (Å²) in [5.41, 5.74) is -1.32. The topological polar surface area (TPSA) is 78.4 Å². The van der Waals surface area contributed by atoms with Crippen LogP contribution in [0.5, 0.6) is 0 Å². The lowest BCUT2D eigenvalue weighted by Crippen LogP contribution is -2.66. The number of hydrogen-bond acceptors (Lipinski definition) is 4. The van der Waals surface area contributed by atoms with Crippen LogP contribution in [0.25, 0.3) is 0 Å². The molecule has 1 aliphatic heterocycles. The standard InChI is InChI=1S/C17H15F3N2O3S/c1-9-4-6-10(7-5-9)13-12(14(23)17(18,19)20)16(25,22-15(24)21-13)11-3-2-8-26-11/h2-8,12-13,25H,1H3,(H2,21,22,24)/t12-,13-,16-/m0/s1. The van der Waals surface area contributed by atoms with Gasteiger partial charge in [0.25, 0.3) is 0 Å². The summed E-state index contributed by atoms with van der Waals surface area (Å²) < 4.78 is 39.8. The number of amides is 2. The van der Waals surface area contributed by atoms with Gasteiger partial charge in [0.1, 0.15) is 5.92 Å². The number of urea groups is 1. The number of ketones is 1. The maximum atomic E-state index is 13.3. The highest BCUT2D eigenvalue weighted by Gasteiger charge is 2.59. The quantitative estimate of drug-likeness (QED) is 0.761. The van der Waals surface area contributed by atoms with Crippen LogP contribution in [0.1, 0.15) is 22.0 Å². The highest BCUT2D eigenvalue weighted by Crippen LogP contribution is 2.44. The Bertz CT molecular complexity index is 821. The highest BCUT2D eigenvalue weighted by atomic mass is 32.1. The van der Waals surface area contributed by atoms with Gasteiger partial charge in [0, 0.05) is 0 Å². The van der Waals surface area contributed by atoms with Crippen LogP contribution in [-0.2, 0) is 10.5 Å². The Kier molecular flexibility index (Phi) is 4.53. The predicted octanol–water partition coefficient (Wildman–Crippen LogP) is 3.00. The molecule has 0 radical (unpaired) electrons. The van der Waals surface area contributed by atoms with Crippen LogP contribution >= 0.6 is 11.3 Å². The average molecular weight is 384 g/mol. The summed E-state index contributed by atoms with van der Waals surface area (Å²) in [6, 6.07) is 7.05. The van der Waals surface area contributed by atoms with E-state index in [4.69, 9.17) is 0 Å². The van der Waals surface area contributed by atoms with Crippen molar-refractivity contribution in [2.24, 2.45) is 5.92 Å². The fraction of sp³-hybridized carbons (Fsp3) is 0.294. The van der Waals surface area contributed by atoms with Gasteiger partial charge in [-0.15, -0.1) is 11.3 Å². The zero-order valence-electron chi connectivity index (χ0n) is 13.5. The van der Waals surface area contributed by atoms with Crippen molar-refractivity contribution in [2.45, 2.75) is 24.9 Å². The number of Topliss-reactive ketones (excluding diaryl/α,β-unsaturated/α-hetero) is 1. The molecular formula is C17H15F3N2O3S. The molecule has 0 bridgehead atoms. The van der Waals surface area contributed by atoms with Gasteiger partial charge in [-0.25, -0.2) is 4.79 Å². The number of hydrogen-bond donors (Lipinski definition) is 3. The number of benzene rings is 1. The molecule has 0 spiro atoms. The van der Waals surface area contributed by atoms with Crippen molar-refractivity contribution in [1.82, 2.24) is 10.6 Å². The summed E-state index contributed by atoms with van der Waals surface area (Å²) in [7, 11) is 0. The lowest BCUT2D eigenvalue weighted by molar-refractivity contribution is -0.190. The van der Waals surface area contributed by atoms with Gasteiger partial charge >= 0.3 is 12.2 Å². The fourth-order valence-electron chi connectivity index (χ4n) is 3.03. The SMILES string of the molecule is Cc1ccc([C@@H]2NC(=O)N[C@](O)(c3cccs3)[C@@H]2C(=O)C(F)(F)F)cc1. The van der Waals surface area contributed by atoms with E-state index in [0.717, 1.165) is 16.9 Å². The largest absolute Gasteiger partial charge is 0.450 e. The molecule has 1 aromatic carbocycles. The molecule has 0 aliphatic carbocycles. The number of nitrogens with one attached hydrogen (secondary N) is 2. The first-order chi connectivity index (χ1) is 12.1. The second-order valence-corrected chi connectivity index (χ2v) is 7.02. The van der Waals surface area contributed by atoms with Gasteiger partial charge in [-0.1, -0.05) is 35.9 Å². The normalized spacial score (nSPS) is 26.1. The number of carbonyl (C=O) groups excluding carboxylic acids is 2. The molecule has 1 aliphatic rings. The van der Waals surface area contributed by atoms with Crippen LogP contribution in [0.4, 0.5) is 18.0 Å². The Hall–Kier alpha value is -2.39. The van der Waals surface area contributed by atoms with Gasteiger partial charge in [0.2, 0.25) is 5.78 Å². The van der Waals surface area contributed by atoms with Crippen LogP contribution in [0.2, 0.25) is 0 Å². The summed E-state index contributed by atoms with van der Waals surface area (Å²) in [5.74, 6) is -4.10. The van der Waals surface area contributed by atoms with Crippen LogP contribution in [0.3, 0.4) is 0 Å². The molecule has 138 valence electrons. The third-order valence-corrected chi connectivity index (χ3v) is 5.26. The van der Waals surface area contributed by atoms with Crippen molar-refractivity contribution >= 4 is 23.2 Å². The minimum Gasteiger partial charge on any atom is -0.365 e. The molecule has 9 heteroatoms. The lowest BCUT2D eigenvalue weighted by atomic mass is 9.78. The van der Waals surface area contributed by atoms with Crippen molar-refractivity contribution < 1.29 is 27.9 Å². The van der Waals surface area contributed by atoms with Crippen molar-refractivity contribution in [3.63, 3.8) is 0 Å². The average Bonchev–Trinajstić information content (AvgIpc) is 3.08. The van der Waals surface area contributed by atoms with E-state index in [1.54, 1.807) is 19.1 Å². The second-order valence-electron chi connectivity index (χ2n) is 6.07. The van der Waals surface area contributed by atoms with Gasteiger partial charge in [0.05, 0.1) is 10.9 Å². The third kappa shape index (κ3) is 3.19. The lowest BCUT2D eigenvalue weighted by Gasteiger charge is -2.44. The Morgan fingerprint density at radius 1 is 1.23 bits per heavy atom. The van der Waals surface area contributed by atoms with Crippen molar-refractivity contribution in [2.75, 3.05) is 0 Å². The molecule has 5 nitrogen and oxygen atoms in total. The van der Waals surface area contributed by atoms with Gasteiger partial charge in [0.15, 0.2) is 5.72 Å². The molecule has 3 atom stereocenters. The van der Waals surface area contributed by atoms with E-state index in [1.807, 2.05) is 0 Å². The molecule has 0 unspecified atom stereocenters. The first-order valence-electron chi connectivity index (χ1n) is 7.65. The molecule has 1 saturated heterocycles. The molecular weight excluding hydrogens is 369 g/mol. The summed E-state index contributed by atoms with van der Waals surface area (Å²) >= 11 is 0.950. The van der Waals surface area contributed by atoms with E-state index < -0.39 is 35.7 Å². The van der Waals surface area contributed by atoms with E-state index >= 15 is 0 Å². The molecule has 0 saturated carbocycles. The number of carbonyl (C=O) groups is 2. The number of aryl methyl sites for hydroxylation is 1. The zero-order valence-corrected chi connectivity index (χ0v) is 14.3. The third-order valence-electron chi connectivity index (χ3n) is 4.27. The Morgan fingerprint density at radius 3 is 2.42 bits per heavy atom. The van der Waals surface area contributed by atoms with Crippen LogP contribution < -0.4 is 10.6 Å². The first kappa shape index (κ1) is 18.4. The van der Waals surface area contributed by atoms with E-state index in [0.29, 0.717) is 5.56 Å². The van der Waals surface area contributed by atoms with Gasteiger partial charge in [-0.3, -0.25) is 4.79 Å². The second kappa shape index (κ2) is 6.40. The van der Waals surface area contributed by atoms with Gasteiger partial charge < -0.3 is 15.7 Å². The van der Waals surface area contributed by atoms with Crippen LogP contribution in [0, 0.1) is 12.8 Å². The molecule has 1 fully saturated rings. The molecule has 1 aromatic heterocycles. The fourth-order valence-corrected chi connectivity index (χ4v) is 3.85. The number of thiophene rings is 1. The molecule has 2 heterocycles. The summed E-state index contributed by atoms with van der Waals surface area (Å²) in [6.45, 7) is 1.80. The Labute approximate surface area is 150 Å². The van der Waals surface area contributed by atoms with E-state index in [-0.39, 0.29) is 4.88 Å². The predicted molar refractivity (Wildman–Crippen MR) is 88.4 cm³/mol. The van der Waals surface area contributed by atoms with E-state index in [2.05, 4.69) is 10.6 Å².